The van der Waals surface area contributed by atoms with E-state index in [1.54, 1.807) is 0 Å². The Morgan fingerprint density at radius 2 is 1.89 bits per heavy atom. The molecule has 0 aliphatic carbocycles. The minimum absolute atomic E-state index is 0.0428. The summed E-state index contributed by atoms with van der Waals surface area (Å²) in [6, 6.07) is 8.90. The SMILES string of the molecule is CC(Cc1ccccc1)NC(=O)[C@H](N)CC(N)=O. The van der Waals surface area contributed by atoms with Gasteiger partial charge >= 0.3 is 0 Å². The molecular formula is C13H19N3O2. The molecule has 1 aromatic carbocycles. The highest BCUT2D eigenvalue weighted by molar-refractivity contribution is 5.87. The molecule has 0 aliphatic rings. The molecule has 1 unspecified atom stereocenters. The predicted molar refractivity (Wildman–Crippen MR) is 69.5 cm³/mol. The van der Waals surface area contributed by atoms with Crippen LogP contribution >= 0.6 is 0 Å². The summed E-state index contributed by atoms with van der Waals surface area (Å²) in [5.74, 6) is -0.925. The molecule has 98 valence electrons. The molecule has 0 bridgehead atoms. The molecular weight excluding hydrogens is 230 g/mol. The molecule has 5 nitrogen and oxygen atoms in total. The smallest absolute Gasteiger partial charge is 0.237 e. The van der Waals surface area contributed by atoms with E-state index in [4.69, 9.17) is 11.5 Å². The van der Waals surface area contributed by atoms with Crippen molar-refractivity contribution in [2.24, 2.45) is 11.5 Å². The number of hydrogen-bond acceptors (Lipinski definition) is 3. The van der Waals surface area contributed by atoms with E-state index in [0.717, 1.165) is 12.0 Å². The fourth-order valence-corrected chi connectivity index (χ4v) is 1.68. The minimum Gasteiger partial charge on any atom is -0.370 e. The predicted octanol–water partition coefficient (Wildman–Crippen LogP) is -0.0635. The van der Waals surface area contributed by atoms with E-state index in [0.29, 0.717) is 0 Å². The molecule has 0 heterocycles. The lowest BCUT2D eigenvalue weighted by molar-refractivity contribution is -0.126. The molecule has 2 atom stereocenters. The average molecular weight is 249 g/mol. The molecule has 0 aliphatic heterocycles. The zero-order chi connectivity index (χ0) is 13.5. The van der Waals surface area contributed by atoms with Gasteiger partial charge in [0.25, 0.3) is 0 Å². The van der Waals surface area contributed by atoms with E-state index < -0.39 is 11.9 Å². The number of benzene rings is 1. The molecule has 1 aromatic rings. The van der Waals surface area contributed by atoms with Gasteiger partial charge in [-0.1, -0.05) is 30.3 Å². The fourth-order valence-electron chi connectivity index (χ4n) is 1.68. The van der Waals surface area contributed by atoms with E-state index in [2.05, 4.69) is 5.32 Å². The number of carbonyl (C=O) groups is 2. The van der Waals surface area contributed by atoms with Crippen LogP contribution in [0.15, 0.2) is 30.3 Å². The molecule has 1 rings (SSSR count). The molecule has 0 aromatic heterocycles. The number of primary amides is 1. The van der Waals surface area contributed by atoms with Crippen LogP contribution in [0.2, 0.25) is 0 Å². The third-order valence-corrected chi connectivity index (χ3v) is 2.53. The maximum atomic E-state index is 11.6. The summed E-state index contributed by atoms with van der Waals surface area (Å²) in [5.41, 5.74) is 11.7. The second-order valence-corrected chi connectivity index (χ2v) is 4.38. The quantitative estimate of drug-likeness (QED) is 0.658. The van der Waals surface area contributed by atoms with Crippen LogP contribution in [0.4, 0.5) is 0 Å². The Morgan fingerprint density at radius 1 is 1.28 bits per heavy atom. The van der Waals surface area contributed by atoms with E-state index in [-0.39, 0.29) is 18.4 Å². The van der Waals surface area contributed by atoms with Crippen molar-refractivity contribution < 1.29 is 9.59 Å². The zero-order valence-electron chi connectivity index (χ0n) is 10.4. The first-order valence-electron chi connectivity index (χ1n) is 5.87. The Bertz CT molecular complexity index is 406. The summed E-state index contributed by atoms with van der Waals surface area (Å²) in [7, 11) is 0. The molecule has 0 saturated heterocycles. The molecule has 0 saturated carbocycles. The maximum absolute atomic E-state index is 11.6. The van der Waals surface area contributed by atoms with Crippen LogP contribution in [0, 0.1) is 0 Å². The van der Waals surface area contributed by atoms with Crippen molar-refractivity contribution in [1.29, 1.82) is 0 Å². The van der Waals surface area contributed by atoms with Crippen molar-refractivity contribution >= 4 is 11.8 Å². The highest BCUT2D eigenvalue weighted by atomic mass is 16.2. The lowest BCUT2D eigenvalue weighted by Crippen LogP contribution is -2.46. The Morgan fingerprint density at radius 3 is 2.44 bits per heavy atom. The second-order valence-electron chi connectivity index (χ2n) is 4.38. The molecule has 5 heteroatoms. The topological polar surface area (TPSA) is 98.2 Å². The fraction of sp³-hybridized carbons (Fsp3) is 0.385. The van der Waals surface area contributed by atoms with Crippen LogP contribution in [0.5, 0.6) is 0 Å². The number of rotatable bonds is 6. The lowest BCUT2D eigenvalue weighted by atomic mass is 10.1. The van der Waals surface area contributed by atoms with Gasteiger partial charge in [0, 0.05) is 6.04 Å². The molecule has 2 amide bonds. The zero-order valence-corrected chi connectivity index (χ0v) is 10.4. The normalized spacial score (nSPS) is 13.7. The van der Waals surface area contributed by atoms with Crippen molar-refractivity contribution in [3.63, 3.8) is 0 Å². The Kier molecular flexibility index (Phi) is 5.32. The minimum atomic E-state index is -0.874. The standard InChI is InChI=1S/C13H19N3O2/c1-9(7-10-5-3-2-4-6-10)16-13(18)11(14)8-12(15)17/h2-6,9,11H,7-8,14H2,1H3,(H2,15,17)(H,16,18)/t9?,11-/m1/s1. The summed E-state index contributed by atoms with van der Waals surface area (Å²) in [5, 5.41) is 2.76. The van der Waals surface area contributed by atoms with Crippen molar-refractivity contribution in [3.05, 3.63) is 35.9 Å². The van der Waals surface area contributed by atoms with Crippen molar-refractivity contribution in [1.82, 2.24) is 5.32 Å². The average Bonchev–Trinajstić information content (AvgIpc) is 2.29. The highest BCUT2D eigenvalue weighted by Crippen LogP contribution is 2.03. The van der Waals surface area contributed by atoms with Crippen LogP contribution in [-0.4, -0.2) is 23.9 Å². The monoisotopic (exact) mass is 249 g/mol. The second kappa shape index (κ2) is 6.76. The summed E-state index contributed by atoms with van der Waals surface area (Å²) < 4.78 is 0. The summed E-state index contributed by atoms with van der Waals surface area (Å²) in [6.45, 7) is 1.89. The third-order valence-electron chi connectivity index (χ3n) is 2.53. The van der Waals surface area contributed by atoms with Crippen LogP contribution in [-0.2, 0) is 16.0 Å². The first-order valence-corrected chi connectivity index (χ1v) is 5.87. The van der Waals surface area contributed by atoms with Crippen molar-refractivity contribution in [2.45, 2.75) is 31.8 Å². The third kappa shape index (κ3) is 4.97. The molecule has 0 fully saturated rings. The summed E-state index contributed by atoms with van der Waals surface area (Å²) >= 11 is 0. The first kappa shape index (κ1) is 14.2. The Hall–Kier alpha value is -1.88. The van der Waals surface area contributed by atoms with Gasteiger partial charge in [0.05, 0.1) is 12.5 Å². The molecule has 18 heavy (non-hydrogen) atoms. The Labute approximate surface area is 107 Å². The number of carbonyl (C=O) groups excluding carboxylic acids is 2. The summed E-state index contributed by atoms with van der Waals surface area (Å²) in [4.78, 5) is 22.3. The van der Waals surface area contributed by atoms with E-state index in [1.165, 1.54) is 0 Å². The molecule has 5 N–H and O–H groups in total. The summed E-state index contributed by atoms with van der Waals surface area (Å²) in [6.07, 6.45) is 0.583. The highest BCUT2D eigenvalue weighted by Gasteiger charge is 2.17. The van der Waals surface area contributed by atoms with Crippen LogP contribution in [0.25, 0.3) is 0 Å². The van der Waals surface area contributed by atoms with Crippen LogP contribution < -0.4 is 16.8 Å². The Balaban J connectivity index is 2.42. The van der Waals surface area contributed by atoms with Gasteiger partial charge in [0.1, 0.15) is 0 Å². The van der Waals surface area contributed by atoms with Gasteiger partial charge in [-0.3, -0.25) is 9.59 Å². The number of amides is 2. The van der Waals surface area contributed by atoms with Gasteiger partial charge in [-0.05, 0) is 18.9 Å². The maximum Gasteiger partial charge on any atom is 0.237 e. The van der Waals surface area contributed by atoms with Gasteiger partial charge in [-0.15, -0.1) is 0 Å². The number of nitrogens with one attached hydrogen (secondary N) is 1. The van der Waals surface area contributed by atoms with Gasteiger partial charge in [-0.2, -0.15) is 0 Å². The molecule has 0 spiro atoms. The lowest BCUT2D eigenvalue weighted by Gasteiger charge is -2.16. The van der Waals surface area contributed by atoms with Crippen molar-refractivity contribution in [2.75, 3.05) is 0 Å². The van der Waals surface area contributed by atoms with Gasteiger partial charge in [-0.25, -0.2) is 0 Å². The first-order chi connectivity index (χ1) is 8.49. The van der Waals surface area contributed by atoms with E-state index in [1.807, 2.05) is 37.3 Å². The largest absolute Gasteiger partial charge is 0.370 e. The molecule has 0 radical (unpaired) electrons. The van der Waals surface area contributed by atoms with Gasteiger partial charge < -0.3 is 16.8 Å². The van der Waals surface area contributed by atoms with E-state index >= 15 is 0 Å². The van der Waals surface area contributed by atoms with Gasteiger partial charge in [0.15, 0.2) is 0 Å². The number of nitrogens with two attached hydrogens (primary N) is 2. The van der Waals surface area contributed by atoms with Crippen LogP contribution in [0.3, 0.4) is 0 Å². The number of hydrogen-bond donors (Lipinski definition) is 3. The van der Waals surface area contributed by atoms with Crippen LogP contribution in [0.1, 0.15) is 18.9 Å². The van der Waals surface area contributed by atoms with Gasteiger partial charge in [0.2, 0.25) is 11.8 Å². The van der Waals surface area contributed by atoms with Crippen molar-refractivity contribution in [3.8, 4) is 0 Å². The van der Waals surface area contributed by atoms with E-state index in [9.17, 15) is 9.59 Å².